The summed E-state index contributed by atoms with van der Waals surface area (Å²) < 4.78 is 1.06. The fourth-order valence-electron chi connectivity index (χ4n) is 2.43. The molecule has 0 spiro atoms. The maximum atomic E-state index is 10.4. The Labute approximate surface area is 117 Å². The van der Waals surface area contributed by atoms with Crippen molar-refractivity contribution in [3.8, 4) is 0 Å². The molecule has 1 unspecified atom stereocenters. The van der Waals surface area contributed by atoms with E-state index < -0.39 is 5.60 Å². The van der Waals surface area contributed by atoms with Gasteiger partial charge in [-0.1, -0.05) is 22.0 Å². The molecule has 1 aliphatic rings. The van der Waals surface area contributed by atoms with Gasteiger partial charge in [0, 0.05) is 35.3 Å². The Morgan fingerprint density at radius 1 is 1.28 bits per heavy atom. The summed E-state index contributed by atoms with van der Waals surface area (Å²) in [5, 5.41) is 13.7. The van der Waals surface area contributed by atoms with Crippen LogP contribution in [0.5, 0.6) is 0 Å². The Balaban J connectivity index is 2.37. The van der Waals surface area contributed by atoms with Crippen molar-refractivity contribution in [1.82, 2.24) is 5.32 Å². The van der Waals surface area contributed by atoms with E-state index in [4.69, 9.17) is 0 Å². The monoisotopic (exact) mass is 312 g/mol. The molecule has 0 saturated carbocycles. The molecule has 1 atom stereocenters. The summed E-state index contributed by atoms with van der Waals surface area (Å²) in [4.78, 5) is 2.28. The number of hydrogen-bond donors (Lipinski definition) is 2. The first-order valence-electron chi connectivity index (χ1n) is 6.27. The van der Waals surface area contributed by atoms with E-state index in [1.165, 1.54) is 0 Å². The van der Waals surface area contributed by atoms with E-state index in [9.17, 15) is 5.11 Å². The Morgan fingerprint density at radius 3 is 2.67 bits per heavy atom. The molecule has 1 aromatic carbocycles. The summed E-state index contributed by atoms with van der Waals surface area (Å²) >= 11 is 3.51. The minimum absolute atomic E-state index is 0.0265. The first-order valence-corrected chi connectivity index (χ1v) is 7.06. The van der Waals surface area contributed by atoms with Crippen molar-refractivity contribution < 1.29 is 5.11 Å². The molecule has 1 aliphatic heterocycles. The van der Waals surface area contributed by atoms with E-state index in [1.807, 2.05) is 19.1 Å². The zero-order valence-electron chi connectivity index (χ0n) is 11.2. The molecule has 1 saturated heterocycles. The Kier molecular flexibility index (Phi) is 3.72. The molecule has 18 heavy (non-hydrogen) atoms. The van der Waals surface area contributed by atoms with Gasteiger partial charge in [0.2, 0.25) is 0 Å². The molecule has 2 N–H and O–H groups in total. The smallest absolute Gasteiger partial charge is 0.0917 e. The van der Waals surface area contributed by atoms with Gasteiger partial charge in [-0.25, -0.2) is 0 Å². The average molecular weight is 313 g/mol. The molecular weight excluding hydrogens is 292 g/mol. The predicted molar refractivity (Wildman–Crippen MR) is 79.1 cm³/mol. The van der Waals surface area contributed by atoms with Crippen LogP contribution in [-0.4, -0.2) is 35.9 Å². The number of halogens is 1. The lowest BCUT2D eigenvalue weighted by Crippen LogP contribution is -2.51. The van der Waals surface area contributed by atoms with Gasteiger partial charge in [-0.2, -0.15) is 0 Å². The molecule has 3 nitrogen and oxygen atoms in total. The van der Waals surface area contributed by atoms with Crippen LogP contribution >= 0.6 is 15.9 Å². The van der Waals surface area contributed by atoms with Crippen LogP contribution in [0.3, 0.4) is 0 Å². The van der Waals surface area contributed by atoms with Gasteiger partial charge in [0.1, 0.15) is 0 Å². The molecule has 1 aromatic rings. The standard InChI is InChI=1S/C14H21BrN2O/c1-13(2)8-16-9-14(3,18)10-17(13)12-6-4-5-11(15)7-12/h4-7,16,18H,8-10H2,1-3H3. The number of benzene rings is 1. The third-order valence-electron chi connectivity index (χ3n) is 3.41. The molecule has 0 bridgehead atoms. The third kappa shape index (κ3) is 3.05. The minimum atomic E-state index is -0.712. The maximum absolute atomic E-state index is 10.4. The fraction of sp³-hybridized carbons (Fsp3) is 0.571. The summed E-state index contributed by atoms with van der Waals surface area (Å²) in [5.41, 5.74) is 0.399. The molecule has 0 radical (unpaired) electrons. The molecule has 0 aliphatic carbocycles. The highest BCUT2D eigenvalue weighted by Crippen LogP contribution is 2.29. The van der Waals surface area contributed by atoms with Crippen LogP contribution in [0.25, 0.3) is 0 Å². The SMILES string of the molecule is CC1(O)CNCC(C)(C)N(c2cccc(Br)c2)C1. The van der Waals surface area contributed by atoms with Crippen LogP contribution in [-0.2, 0) is 0 Å². The van der Waals surface area contributed by atoms with Gasteiger partial charge in [-0.15, -0.1) is 0 Å². The van der Waals surface area contributed by atoms with Gasteiger partial charge in [0.25, 0.3) is 0 Å². The molecule has 100 valence electrons. The van der Waals surface area contributed by atoms with Crippen molar-refractivity contribution in [3.63, 3.8) is 0 Å². The van der Waals surface area contributed by atoms with Gasteiger partial charge in [-0.05, 0) is 39.0 Å². The number of rotatable bonds is 1. The Bertz CT molecular complexity index is 432. The quantitative estimate of drug-likeness (QED) is 0.836. The van der Waals surface area contributed by atoms with Crippen molar-refractivity contribution in [2.24, 2.45) is 0 Å². The average Bonchev–Trinajstić information content (AvgIpc) is 2.35. The highest BCUT2D eigenvalue weighted by atomic mass is 79.9. The highest BCUT2D eigenvalue weighted by molar-refractivity contribution is 9.10. The molecule has 2 rings (SSSR count). The van der Waals surface area contributed by atoms with Crippen molar-refractivity contribution in [2.45, 2.75) is 31.9 Å². The van der Waals surface area contributed by atoms with Crippen LogP contribution in [0.15, 0.2) is 28.7 Å². The Hall–Kier alpha value is -0.580. The van der Waals surface area contributed by atoms with Gasteiger partial charge >= 0.3 is 0 Å². The van der Waals surface area contributed by atoms with E-state index in [0.717, 1.165) is 16.7 Å². The minimum Gasteiger partial charge on any atom is -0.387 e. The molecule has 1 heterocycles. The molecule has 1 fully saturated rings. The van der Waals surface area contributed by atoms with Crippen molar-refractivity contribution in [2.75, 3.05) is 24.5 Å². The van der Waals surface area contributed by atoms with E-state index in [-0.39, 0.29) is 5.54 Å². The summed E-state index contributed by atoms with van der Waals surface area (Å²) in [6, 6.07) is 8.24. The van der Waals surface area contributed by atoms with E-state index in [1.54, 1.807) is 0 Å². The first-order chi connectivity index (χ1) is 8.30. The van der Waals surface area contributed by atoms with Gasteiger partial charge < -0.3 is 15.3 Å². The largest absolute Gasteiger partial charge is 0.387 e. The summed E-state index contributed by atoms with van der Waals surface area (Å²) in [5.74, 6) is 0. The van der Waals surface area contributed by atoms with Crippen LogP contribution in [0.4, 0.5) is 5.69 Å². The van der Waals surface area contributed by atoms with E-state index >= 15 is 0 Å². The van der Waals surface area contributed by atoms with Gasteiger partial charge in [0.05, 0.1) is 5.60 Å². The number of anilines is 1. The number of β-amino-alcohol motifs (C(OH)–C–C–N with tert-alkyl or cyclic N) is 1. The second kappa shape index (κ2) is 4.83. The zero-order valence-corrected chi connectivity index (χ0v) is 12.8. The molecular formula is C14H21BrN2O. The van der Waals surface area contributed by atoms with Crippen LogP contribution in [0.2, 0.25) is 0 Å². The van der Waals surface area contributed by atoms with Crippen LogP contribution in [0, 0.1) is 0 Å². The van der Waals surface area contributed by atoms with Crippen molar-refractivity contribution >= 4 is 21.6 Å². The van der Waals surface area contributed by atoms with Gasteiger partial charge in [-0.3, -0.25) is 0 Å². The molecule has 0 amide bonds. The summed E-state index contributed by atoms with van der Waals surface area (Å²) in [7, 11) is 0. The number of hydrogen-bond acceptors (Lipinski definition) is 3. The summed E-state index contributed by atoms with van der Waals surface area (Å²) in [6.45, 7) is 8.39. The lowest BCUT2D eigenvalue weighted by atomic mass is 10.00. The van der Waals surface area contributed by atoms with Crippen molar-refractivity contribution in [1.29, 1.82) is 0 Å². The number of nitrogens with one attached hydrogen (secondary N) is 1. The second-order valence-electron chi connectivity index (χ2n) is 5.98. The van der Waals surface area contributed by atoms with Gasteiger partial charge in [0.15, 0.2) is 0 Å². The molecule has 0 aromatic heterocycles. The number of nitrogens with zero attached hydrogens (tertiary/aromatic N) is 1. The third-order valence-corrected chi connectivity index (χ3v) is 3.91. The fourth-order valence-corrected chi connectivity index (χ4v) is 2.82. The summed E-state index contributed by atoms with van der Waals surface area (Å²) in [6.07, 6.45) is 0. The second-order valence-corrected chi connectivity index (χ2v) is 6.89. The highest BCUT2D eigenvalue weighted by Gasteiger charge is 2.36. The topological polar surface area (TPSA) is 35.5 Å². The first kappa shape index (κ1) is 13.8. The normalized spacial score (nSPS) is 27.9. The maximum Gasteiger partial charge on any atom is 0.0917 e. The predicted octanol–water partition coefficient (Wildman–Crippen LogP) is 2.39. The lowest BCUT2D eigenvalue weighted by Gasteiger charge is -2.41. The van der Waals surface area contributed by atoms with Crippen LogP contribution in [0.1, 0.15) is 20.8 Å². The Morgan fingerprint density at radius 2 is 2.00 bits per heavy atom. The molecule has 4 heteroatoms. The zero-order chi connectivity index (χ0) is 13.4. The van der Waals surface area contributed by atoms with E-state index in [0.29, 0.717) is 13.1 Å². The van der Waals surface area contributed by atoms with Crippen LogP contribution < -0.4 is 10.2 Å². The van der Waals surface area contributed by atoms with Crippen molar-refractivity contribution in [3.05, 3.63) is 28.7 Å². The number of aliphatic hydroxyl groups is 1. The lowest BCUT2D eigenvalue weighted by molar-refractivity contribution is 0.0720. The van der Waals surface area contributed by atoms with E-state index in [2.05, 4.69) is 52.1 Å².